The van der Waals surface area contributed by atoms with Gasteiger partial charge in [0.25, 0.3) is 0 Å². The number of phosphoric acid groups is 2. The quantitative estimate of drug-likeness (QED) is 0.0222. The van der Waals surface area contributed by atoms with Crippen molar-refractivity contribution in [3.8, 4) is 0 Å². The normalized spacial score (nSPS) is 14.5. The van der Waals surface area contributed by atoms with E-state index in [1.54, 1.807) is 0 Å². The summed E-state index contributed by atoms with van der Waals surface area (Å²) in [5.74, 6) is -2.18. The van der Waals surface area contributed by atoms with Gasteiger partial charge in [0, 0.05) is 25.7 Å². The minimum absolute atomic E-state index is 0.0965. The third-order valence-corrected chi connectivity index (χ3v) is 13.8. The molecule has 0 aromatic heterocycles. The Hall–Kier alpha value is -1.94. The molecule has 0 aliphatic rings. The number of carbonyl (C=O) groups excluding carboxylic acids is 4. The van der Waals surface area contributed by atoms with Crippen molar-refractivity contribution < 1.29 is 80.2 Å². The first-order valence-corrected chi connectivity index (χ1v) is 30.8. The van der Waals surface area contributed by atoms with Gasteiger partial charge in [-0.1, -0.05) is 201 Å². The largest absolute Gasteiger partial charge is 0.472 e. The number of esters is 4. The molecule has 0 aliphatic heterocycles. The average molecular weight is 1060 g/mol. The number of phosphoric ester groups is 2. The molecule has 0 aliphatic carbocycles. The number of hydrogen-bond acceptors (Lipinski definition) is 15. The van der Waals surface area contributed by atoms with E-state index in [1.807, 2.05) is 6.92 Å². The summed E-state index contributed by atoms with van der Waals surface area (Å²) in [4.78, 5) is 70.9. The Kier molecular flexibility index (Phi) is 46.4. The van der Waals surface area contributed by atoms with Crippen LogP contribution < -0.4 is 0 Å². The molecule has 0 rings (SSSR count). The summed E-state index contributed by atoms with van der Waals surface area (Å²) in [7, 11) is -9.83. The van der Waals surface area contributed by atoms with Crippen molar-refractivity contribution in [3.05, 3.63) is 0 Å². The zero-order valence-electron chi connectivity index (χ0n) is 44.7. The molecule has 0 amide bonds. The lowest BCUT2D eigenvalue weighted by molar-refractivity contribution is -0.161. The van der Waals surface area contributed by atoms with Crippen molar-refractivity contribution in [1.82, 2.24) is 0 Å². The first-order chi connectivity index (χ1) is 34.2. The van der Waals surface area contributed by atoms with E-state index in [4.69, 9.17) is 37.0 Å². The molecule has 19 heteroatoms. The van der Waals surface area contributed by atoms with Gasteiger partial charge in [-0.3, -0.25) is 37.3 Å². The van der Waals surface area contributed by atoms with Crippen LogP contribution in [0.3, 0.4) is 0 Å². The van der Waals surface area contributed by atoms with E-state index in [9.17, 15) is 43.2 Å². The Labute approximate surface area is 428 Å². The molecule has 0 heterocycles. The van der Waals surface area contributed by atoms with E-state index in [0.717, 1.165) is 103 Å². The average Bonchev–Trinajstić information content (AvgIpc) is 3.34. The van der Waals surface area contributed by atoms with Gasteiger partial charge in [0.05, 0.1) is 26.4 Å². The van der Waals surface area contributed by atoms with Crippen LogP contribution in [-0.2, 0) is 65.4 Å². The van der Waals surface area contributed by atoms with Gasteiger partial charge in [-0.2, -0.15) is 0 Å². The molecule has 0 saturated heterocycles. The van der Waals surface area contributed by atoms with Gasteiger partial charge in [-0.25, -0.2) is 9.13 Å². The number of unbranched alkanes of at least 4 members (excludes halogenated alkanes) is 27. The van der Waals surface area contributed by atoms with E-state index in [2.05, 4.69) is 20.8 Å². The molecule has 0 saturated carbocycles. The second-order valence-corrected chi connectivity index (χ2v) is 21.8. The van der Waals surface area contributed by atoms with Crippen LogP contribution >= 0.6 is 15.6 Å². The second kappa shape index (κ2) is 47.8. The second-order valence-electron chi connectivity index (χ2n) is 18.9. The molecule has 0 radical (unpaired) electrons. The summed E-state index contributed by atoms with van der Waals surface area (Å²) in [5, 5.41) is 10.4. The first-order valence-electron chi connectivity index (χ1n) is 27.8. The minimum Gasteiger partial charge on any atom is -0.462 e. The Balaban J connectivity index is 4.97. The van der Waals surface area contributed by atoms with Crippen molar-refractivity contribution in [2.75, 3.05) is 39.6 Å². The fourth-order valence-corrected chi connectivity index (χ4v) is 9.09. The zero-order valence-corrected chi connectivity index (χ0v) is 46.5. The maximum atomic E-state index is 12.8. The van der Waals surface area contributed by atoms with Crippen molar-refractivity contribution in [2.24, 2.45) is 0 Å². The summed E-state index contributed by atoms with van der Waals surface area (Å²) in [5.41, 5.74) is 0. The van der Waals surface area contributed by atoms with Gasteiger partial charge in [-0.05, 0) is 25.7 Å². The molecule has 0 aromatic carbocycles. The van der Waals surface area contributed by atoms with Crippen molar-refractivity contribution >= 4 is 39.5 Å². The molecule has 71 heavy (non-hydrogen) atoms. The van der Waals surface area contributed by atoms with Crippen LogP contribution in [0.1, 0.15) is 252 Å². The number of aliphatic hydroxyl groups is 1. The van der Waals surface area contributed by atoms with Crippen molar-refractivity contribution in [2.45, 2.75) is 271 Å². The van der Waals surface area contributed by atoms with Crippen LogP contribution in [0.4, 0.5) is 0 Å². The van der Waals surface area contributed by atoms with Crippen LogP contribution in [0.15, 0.2) is 0 Å². The highest BCUT2D eigenvalue weighted by Crippen LogP contribution is 2.45. The number of aliphatic hydroxyl groups excluding tert-OH is 1. The molecular weight excluding hydrogens is 959 g/mol. The van der Waals surface area contributed by atoms with Gasteiger partial charge in [-0.15, -0.1) is 0 Å². The van der Waals surface area contributed by atoms with Gasteiger partial charge in [0.1, 0.15) is 19.3 Å². The lowest BCUT2D eigenvalue weighted by Gasteiger charge is -2.21. The predicted molar refractivity (Wildman–Crippen MR) is 275 cm³/mol. The maximum Gasteiger partial charge on any atom is 0.472 e. The molecule has 17 nitrogen and oxygen atoms in total. The Morgan fingerprint density at radius 3 is 0.845 bits per heavy atom. The number of ether oxygens (including phenoxy) is 4. The summed E-state index contributed by atoms with van der Waals surface area (Å²) in [6.07, 6.45) is 29.1. The van der Waals surface area contributed by atoms with Crippen molar-refractivity contribution in [3.63, 3.8) is 0 Å². The molecule has 0 spiro atoms. The lowest BCUT2D eigenvalue weighted by Crippen LogP contribution is -2.30. The highest BCUT2D eigenvalue weighted by molar-refractivity contribution is 7.47. The first kappa shape index (κ1) is 69.1. The standard InChI is InChI=1S/C52H100O17P2/c1-5-9-13-17-19-20-21-22-23-24-25-26-28-30-34-37-50(55)63-42-47(68-51(56)38-32-16-12-8-4)44-66-70(58,59)64-40-46(53)41-65-71(60,61)67-45-48(43-62-49(54)36-33-29-15-11-7-3)69-52(57)39-35-31-27-18-14-10-6-2/h46-48,53H,5-45H2,1-4H3,(H,58,59)(H,60,61)/t46-,47-,48-/m1/s1. The summed E-state index contributed by atoms with van der Waals surface area (Å²) in [6.45, 7) is 4.54. The topological polar surface area (TPSA) is 237 Å². The fourth-order valence-electron chi connectivity index (χ4n) is 7.51. The minimum atomic E-state index is -4.92. The number of hydrogen-bond donors (Lipinski definition) is 3. The lowest BCUT2D eigenvalue weighted by atomic mass is 10.0. The SMILES string of the molecule is CCCCCCCCCCCCCCCCCC(=O)OC[C@H](COP(=O)(O)OC[C@@H](O)COP(=O)(O)OC[C@@H](COC(=O)CCCCCCC)OC(=O)CCCCCCCCC)OC(=O)CCCCCC. The molecule has 5 atom stereocenters. The molecule has 0 fully saturated rings. The molecule has 2 unspecified atom stereocenters. The monoisotopic (exact) mass is 1060 g/mol. The maximum absolute atomic E-state index is 12.8. The van der Waals surface area contributed by atoms with E-state index in [-0.39, 0.29) is 25.7 Å². The Morgan fingerprint density at radius 2 is 0.563 bits per heavy atom. The van der Waals surface area contributed by atoms with Crippen LogP contribution in [-0.4, -0.2) is 96.7 Å². The number of rotatable bonds is 53. The molecule has 0 bridgehead atoms. The third kappa shape index (κ3) is 47.5. The highest BCUT2D eigenvalue weighted by atomic mass is 31.2. The fraction of sp³-hybridized carbons (Fsp3) is 0.923. The van der Waals surface area contributed by atoms with Crippen LogP contribution in [0, 0.1) is 0 Å². The van der Waals surface area contributed by atoms with E-state index in [0.29, 0.717) is 25.7 Å². The highest BCUT2D eigenvalue weighted by Gasteiger charge is 2.30. The van der Waals surface area contributed by atoms with Gasteiger partial charge < -0.3 is 33.8 Å². The van der Waals surface area contributed by atoms with E-state index >= 15 is 0 Å². The van der Waals surface area contributed by atoms with Gasteiger partial charge in [0.15, 0.2) is 12.2 Å². The smallest absolute Gasteiger partial charge is 0.462 e. The van der Waals surface area contributed by atoms with E-state index in [1.165, 1.54) is 70.6 Å². The summed E-state index contributed by atoms with van der Waals surface area (Å²) < 4.78 is 66.9. The molecule has 3 N–H and O–H groups in total. The Morgan fingerprint density at radius 1 is 0.338 bits per heavy atom. The van der Waals surface area contributed by atoms with Gasteiger partial charge in [0.2, 0.25) is 0 Å². The number of carbonyl (C=O) groups is 4. The van der Waals surface area contributed by atoms with Crippen LogP contribution in [0.2, 0.25) is 0 Å². The molecule has 0 aromatic rings. The predicted octanol–water partition coefficient (Wildman–Crippen LogP) is 13.3. The van der Waals surface area contributed by atoms with Crippen LogP contribution in [0.25, 0.3) is 0 Å². The van der Waals surface area contributed by atoms with Crippen molar-refractivity contribution in [1.29, 1.82) is 0 Å². The summed E-state index contributed by atoms with van der Waals surface area (Å²) in [6, 6.07) is 0. The molecular formula is C52H100O17P2. The van der Waals surface area contributed by atoms with E-state index < -0.39 is 97.5 Å². The summed E-state index contributed by atoms with van der Waals surface area (Å²) >= 11 is 0. The third-order valence-electron chi connectivity index (χ3n) is 11.9. The Bertz CT molecular complexity index is 1400. The molecule has 420 valence electrons. The van der Waals surface area contributed by atoms with Gasteiger partial charge >= 0.3 is 39.5 Å². The van der Waals surface area contributed by atoms with Crippen LogP contribution in [0.5, 0.6) is 0 Å². The zero-order chi connectivity index (χ0) is 52.7.